The van der Waals surface area contributed by atoms with Gasteiger partial charge < -0.3 is 15.0 Å². The van der Waals surface area contributed by atoms with Crippen molar-refractivity contribution in [2.45, 2.75) is 51.2 Å². The second kappa shape index (κ2) is 14.0. The molecule has 0 bridgehead atoms. The third-order valence-corrected chi connectivity index (χ3v) is 5.71. The molecule has 1 aliphatic rings. The van der Waals surface area contributed by atoms with Crippen LogP contribution in [0.2, 0.25) is 0 Å². The summed E-state index contributed by atoms with van der Waals surface area (Å²) < 4.78 is 4.64. The SMILES string of the molecule is CN=C(NCCCCCCC(=O)OC)N1CCSC(C(C)C)C1.I. The van der Waals surface area contributed by atoms with Gasteiger partial charge in [-0.2, -0.15) is 11.8 Å². The van der Waals surface area contributed by atoms with E-state index in [9.17, 15) is 4.79 Å². The van der Waals surface area contributed by atoms with Gasteiger partial charge in [-0.15, -0.1) is 24.0 Å². The normalized spacial score (nSPS) is 18.3. The summed E-state index contributed by atoms with van der Waals surface area (Å²) in [6, 6.07) is 0. The van der Waals surface area contributed by atoms with Crippen molar-refractivity contribution in [3.8, 4) is 0 Å². The zero-order valence-electron chi connectivity index (χ0n) is 15.5. The summed E-state index contributed by atoms with van der Waals surface area (Å²) in [6.45, 7) is 7.70. The monoisotopic (exact) mass is 471 g/mol. The first-order chi connectivity index (χ1) is 11.1. The lowest BCUT2D eigenvalue weighted by Crippen LogP contribution is -2.49. The highest BCUT2D eigenvalue weighted by Crippen LogP contribution is 2.24. The Labute approximate surface area is 168 Å². The van der Waals surface area contributed by atoms with E-state index in [2.05, 4.69) is 45.6 Å². The van der Waals surface area contributed by atoms with Gasteiger partial charge in [0.15, 0.2) is 5.96 Å². The lowest BCUT2D eigenvalue weighted by atomic mass is 10.1. The Kier molecular flexibility index (Phi) is 13.9. The Hall–Kier alpha value is -0.180. The van der Waals surface area contributed by atoms with Crippen molar-refractivity contribution in [3.05, 3.63) is 0 Å². The summed E-state index contributed by atoms with van der Waals surface area (Å²) in [5, 5.41) is 4.18. The van der Waals surface area contributed by atoms with Crippen molar-refractivity contribution in [2.24, 2.45) is 10.9 Å². The van der Waals surface area contributed by atoms with Crippen LogP contribution in [-0.4, -0.2) is 61.6 Å². The van der Waals surface area contributed by atoms with Crippen LogP contribution in [0.1, 0.15) is 46.0 Å². The maximum atomic E-state index is 11.0. The van der Waals surface area contributed by atoms with Crippen molar-refractivity contribution >= 4 is 47.7 Å². The molecular weight excluding hydrogens is 437 g/mol. The number of nitrogens with one attached hydrogen (secondary N) is 1. The number of esters is 1. The second-order valence-corrected chi connectivity index (χ2v) is 7.66. The Morgan fingerprint density at radius 2 is 2.04 bits per heavy atom. The summed E-state index contributed by atoms with van der Waals surface area (Å²) in [7, 11) is 3.31. The zero-order chi connectivity index (χ0) is 17.1. The molecule has 0 spiro atoms. The van der Waals surface area contributed by atoms with E-state index >= 15 is 0 Å². The largest absolute Gasteiger partial charge is 0.469 e. The van der Waals surface area contributed by atoms with E-state index in [0.717, 1.165) is 51.3 Å². The Morgan fingerprint density at radius 3 is 2.67 bits per heavy atom. The summed E-state index contributed by atoms with van der Waals surface area (Å²) in [4.78, 5) is 17.8. The van der Waals surface area contributed by atoms with E-state index < -0.39 is 0 Å². The molecule has 1 fully saturated rings. The molecule has 24 heavy (non-hydrogen) atoms. The van der Waals surface area contributed by atoms with Crippen molar-refractivity contribution in [1.29, 1.82) is 0 Å². The third kappa shape index (κ3) is 9.34. The van der Waals surface area contributed by atoms with Crippen molar-refractivity contribution in [3.63, 3.8) is 0 Å². The average Bonchev–Trinajstić information content (AvgIpc) is 2.57. The maximum Gasteiger partial charge on any atom is 0.305 e. The minimum absolute atomic E-state index is 0. The first-order valence-corrected chi connectivity index (χ1v) is 9.77. The molecule has 142 valence electrons. The van der Waals surface area contributed by atoms with E-state index in [1.54, 1.807) is 0 Å². The Balaban J connectivity index is 0.00000529. The number of carbonyl (C=O) groups is 1. The van der Waals surface area contributed by atoms with Crippen LogP contribution in [0.25, 0.3) is 0 Å². The highest BCUT2D eigenvalue weighted by atomic mass is 127. The molecule has 5 nitrogen and oxygen atoms in total. The standard InChI is InChI=1S/C17H33N3O2S.HI/c1-14(2)15-13-20(11-12-23-15)17(18-3)19-10-8-6-5-7-9-16(21)22-4;/h14-15H,5-13H2,1-4H3,(H,18,19);1H. The van der Waals surface area contributed by atoms with Gasteiger partial charge in [0.25, 0.3) is 0 Å². The number of aliphatic imine (C=N–C) groups is 1. The molecule has 0 radical (unpaired) electrons. The van der Waals surface area contributed by atoms with E-state index in [1.165, 1.54) is 12.9 Å². The fourth-order valence-electron chi connectivity index (χ4n) is 2.65. The fraction of sp³-hybridized carbons (Fsp3) is 0.882. The molecule has 0 saturated carbocycles. The first kappa shape index (κ1) is 23.8. The minimum Gasteiger partial charge on any atom is -0.469 e. The van der Waals surface area contributed by atoms with E-state index in [4.69, 9.17) is 0 Å². The predicted molar refractivity (Wildman–Crippen MR) is 115 cm³/mol. The van der Waals surface area contributed by atoms with Crippen LogP contribution in [0.3, 0.4) is 0 Å². The van der Waals surface area contributed by atoms with E-state index in [1.807, 2.05) is 7.05 Å². The fourth-order valence-corrected chi connectivity index (χ4v) is 3.95. The smallest absolute Gasteiger partial charge is 0.305 e. The average molecular weight is 471 g/mol. The lowest BCUT2D eigenvalue weighted by Gasteiger charge is -2.36. The second-order valence-electron chi connectivity index (χ2n) is 6.31. The number of hydrogen-bond acceptors (Lipinski definition) is 4. The van der Waals surface area contributed by atoms with Gasteiger partial charge in [-0.25, -0.2) is 0 Å². The number of nitrogens with zero attached hydrogens (tertiary/aromatic N) is 2. The molecule has 1 atom stereocenters. The van der Waals surface area contributed by atoms with Gasteiger partial charge in [0.2, 0.25) is 0 Å². The van der Waals surface area contributed by atoms with Crippen LogP contribution < -0.4 is 5.32 Å². The molecule has 0 aliphatic carbocycles. The van der Waals surface area contributed by atoms with Crippen molar-refractivity contribution in [2.75, 3.05) is 39.5 Å². The van der Waals surface area contributed by atoms with Crippen LogP contribution in [0.4, 0.5) is 0 Å². The summed E-state index contributed by atoms with van der Waals surface area (Å²) in [6.07, 6.45) is 4.77. The highest BCUT2D eigenvalue weighted by Gasteiger charge is 2.24. The number of halogens is 1. The molecule has 0 aromatic rings. The van der Waals surface area contributed by atoms with Crippen LogP contribution in [-0.2, 0) is 9.53 Å². The molecule has 0 aromatic carbocycles. The summed E-state index contributed by atoms with van der Waals surface area (Å²) >= 11 is 2.08. The van der Waals surface area contributed by atoms with Gasteiger partial charge in [-0.05, 0) is 18.8 Å². The molecule has 1 rings (SSSR count). The van der Waals surface area contributed by atoms with Gasteiger partial charge in [0, 0.05) is 44.1 Å². The Bertz CT molecular complexity index is 381. The molecule has 1 unspecified atom stereocenters. The van der Waals surface area contributed by atoms with Crippen molar-refractivity contribution < 1.29 is 9.53 Å². The molecule has 1 saturated heterocycles. The molecule has 7 heteroatoms. The van der Waals surface area contributed by atoms with Gasteiger partial charge in [0.1, 0.15) is 0 Å². The highest BCUT2D eigenvalue weighted by molar-refractivity contribution is 14.0. The van der Waals surface area contributed by atoms with Gasteiger partial charge in [0.05, 0.1) is 7.11 Å². The molecule has 1 N–H and O–H groups in total. The van der Waals surface area contributed by atoms with Gasteiger partial charge in [-0.1, -0.05) is 26.7 Å². The van der Waals surface area contributed by atoms with Crippen LogP contribution in [0, 0.1) is 5.92 Å². The Morgan fingerprint density at radius 1 is 1.33 bits per heavy atom. The number of guanidine groups is 1. The number of thioether (sulfide) groups is 1. The van der Waals surface area contributed by atoms with Crippen LogP contribution in [0.5, 0.6) is 0 Å². The number of unbranched alkanes of at least 4 members (excludes halogenated alkanes) is 3. The maximum absolute atomic E-state index is 11.0. The van der Waals surface area contributed by atoms with Gasteiger partial charge >= 0.3 is 5.97 Å². The third-order valence-electron chi connectivity index (χ3n) is 4.17. The topological polar surface area (TPSA) is 53.9 Å². The number of carbonyl (C=O) groups excluding carboxylic acids is 1. The predicted octanol–water partition coefficient (Wildman–Crippen LogP) is 3.38. The summed E-state index contributed by atoms with van der Waals surface area (Å²) in [5.74, 6) is 2.81. The number of hydrogen-bond donors (Lipinski definition) is 1. The van der Waals surface area contributed by atoms with E-state index in [0.29, 0.717) is 17.6 Å². The summed E-state index contributed by atoms with van der Waals surface area (Å²) in [5.41, 5.74) is 0. The van der Waals surface area contributed by atoms with E-state index in [-0.39, 0.29) is 29.9 Å². The quantitative estimate of drug-likeness (QED) is 0.194. The van der Waals surface area contributed by atoms with Crippen molar-refractivity contribution in [1.82, 2.24) is 10.2 Å². The number of rotatable bonds is 8. The van der Waals surface area contributed by atoms with Crippen LogP contribution >= 0.6 is 35.7 Å². The van der Waals surface area contributed by atoms with Crippen LogP contribution in [0.15, 0.2) is 4.99 Å². The molecule has 1 aliphatic heterocycles. The molecule has 0 amide bonds. The van der Waals surface area contributed by atoms with Gasteiger partial charge in [-0.3, -0.25) is 9.79 Å². The first-order valence-electron chi connectivity index (χ1n) is 8.72. The minimum atomic E-state index is -0.105. The zero-order valence-corrected chi connectivity index (χ0v) is 18.7. The number of ether oxygens (including phenoxy) is 1. The molecular formula is C17H34IN3O2S. The number of methoxy groups -OCH3 is 1. The lowest BCUT2D eigenvalue weighted by molar-refractivity contribution is -0.140. The molecule has 0 aromatic heterocycles. The molecule has 1 heterocycles.